The van der Waals surface area contributed by atoms with E-state index >= 15 is 0 Å². The number of carbonyl (C=O) groups excluding carboxylic acids is 2. The highest BCUT2D eigenvalue weighted by Crippen LogP contribution is 2.19. The fraction of sp³-hybridized carbons (Fsp3) is 0.121. The molecule has 0 aliphatic carbocycles. The minimum Gasteiger partial charge on any atom is -0.478 e. The van der Waals surface area contributed by atoms with Gasteiger partial charge in [0, 0.05) is 23.5 Å². The van der Waals surface area contributed by atoms with E-state index in [2.05, 4.69) is 20.5 Å². The van der Waals surface area contributed by atoms with E-state index in [0.717, 1.165) is 6.26 Å². The maximum absolute atomic E-state index is 13.1. The highest BCUT2D eigenvalue weighted by molar-refractivity contribution is 7.88. The first-order valence-corrected chi connectivity index (χ1v) is 15.8. The Hall–Kier alpha value is -5.86. The molecular formula is C33H30N4O9S. The summed E-state index contributed by atoms with van der Waals surface area (Å²) in [5.41, 5.74) is 2.36. The van der Waals surface area contributed by atoms with Gasteiger partial charge in [-0.05, 0) is 66.6 Å². The summed E-state index contributed by atoms with van der Waals surface area (Å²) >= 11 is 0. The van der Waals surface area contributed by atoms with Crippen LogP contribution in [-0.4, -0.2) is 54.4 Å². The number of carbonyl (C=O) groups is 4. The van der Waals surface area contributed by atoms with Gasteiger partial charge >= 0.3 is 11.9 Å². The average molecular weight is 659 g/mol. The zero-order valence-electron chi connectivity index (χ0n) is 25.2. The molecule has 0 atom stereocenters. The minimum absolute atomic E-state index is 0.00985. The number of hydrogen-bond donors (Lipinski definition) is 5. The monoisotopic (exact) mass is 658 g/mol. The summed E-state index contributed by atoms with van der Waals surface area (Å²) in [6.45, 7) is 1.58. The van der Waals surface area contributed by atoms with Crippen molar-refractivity contribution >= 4 is 50.9 Å². The van der Waals surface area contributed by atoms with Crippen LogP contribution in [0, 0.1) is 0 Å². The number of nitrogens with zero attached hydrogens (tertiary/aromatic N) is 1. The van der Waals surface area contributed by atoms with Crippen LogP contribution in [0.1, 0.15) is 65.0 Å². The van der Waals surface area contributed by atoms with E-state index in [1.54, 1.807) is 61.5 Å². The fourth-order valence-corrected chi connectivity index (χ4v) is 4.80. The number of amides is 2. The molecule has 0 saturated heterocycles. The van der Waals surface area contributed by atoms with E-state index in [4.69, 9.17) is 4.84 Å². The Morgan fingerprint density at radius 3 is 1.96 bits per heavy atom. The van der Waals surface area contributed by atoms with Crippen LogP contribution in [0.2, 0.25) is 0 Å². The predicted molar refractivity (Wildman–Crippen MR) is 174 cm³/mol. The molecule has 2 amide bonds. The number of benzene rings is 4. The summed E-state index contributed by atoms with van der Waals surface area (Å²) in [6, 6.07) is 23.2. The molecule has 0 saturated carbocycles. The quantitative estimate of drug-likeness (QED) is 0.101. The van der Waals surface area contributed by atoms with Crippen LogP contribution in [0.3, 0.4) is 0 Å². The first-order valence-electron chi connectivity index (χ1n) is 13.9. The van der Waals surface area contributed by atoms with Crippen LogP contribution in [0.25, 0.3) is 0 Å². The molecule has 0 aliphatic heterocycles. The van der Waals surface area contributed by atoms with Gasteiger partial charge in [0.2, 0.25) is 10.0 Å². The number of carboxylic acid groups (broad SMARTS) is 2. The van der Waals surface area contributed by atoms with E-state index in [1.807, 2.05) is 0 Å². The first kappa shape index (κ1) is 34.0. The molecule has 4 rings (SSSR count). The predicted octanol–water partition coefficient (Wildman–Crippen LogP) is 4.58. The summed E-state index contributed by atoms with van der Waals surface area (Å²) in [5.74, 6) is -3.81. The van der Waals surface area contributed by atoms with Crippen LogP contribution in [0.5, 0.6) is 0 Å². The van der Waals surface area contributed by atoms with Gasteiger partial charge in [0.05, 0.1) is 34.2 Å². The van der Waals surface area contributed by atoms with Gasteiger partial charge in [-0.25, -0.2) is 22.7 Å². The van der Waals surface area contributed by atoms with Gasteiger partial charge in [-0.1, -0.05) is 47.6 Å². The number of aromatic carboxylic acids is 2. The Morgan fingerprint density at radius 1 is 0.702 bits per heavy atom. The van der Waals surface area contributed by atoms with Crippen molar-refractivity contribution in [2.75, 3.05) is 16.9 Å². The second-order valence-electron chi connectivity index (χ2n) is 10.3. The molecule has 0 fully saturated rings. The van der Waals surface area contributed by atoms with Gasteiger partial charge in [0.25, 0.3) is 11.8 Å². The zero-order valence-corrected chi connectivity index (χ0v) is 26.0. The normalized spacial score (nSPS) is 11.4. The topological polar surface area (TPSA) is 201 Å². The Morgan fingerprint density at radius 2 is 1.30 bits per heavy atom. The second kappa shape index (κ2) is 14.9. The molecular weight excluding hydrogens is 628 g/mol. The summed E-state index contributed by atoms with van der Waals surface area (Å²) in [7, 11) is -3.43. The van der Waals surface area contributed by atoms with Crippen molar-refractivity contribution in [3.63, 3.8) is 0 Å². The number of rotatable bonds is 13. The number of nitrogens with one attached hydrogen (secondary N) is 3. The third-order valence-corrected chi connectivity index (χ3v) is 7.32. The van der Waals surface area contributed by atoms with E-state index in [9.17, 15) is 37.8 Å². The zero-order chi connectivity index (χ0) is 34.1. The van der Waals surface area contributed by atoms with Gasteiger partial charge in [-0.3, -0.25) is 9.59 Å². The molecule has 242 valence electrons. The minimum atomic E-state index is -3.43. The largest absolute Gasteiger partial charge is 0.478 e. The Bertz CT molecular complexity index is 1990. The van der Waals surface area contributed by atoms with Gasteiger partial charge in [0.1, 0.15) is 6.61 Å². The van der Waals surface area contributed by atoms with Gasteiger partial charge in [-0.2, -0.15) is 0 Å². The molecule has 4 aromatic carbocycles. The lowest BCUT2D eigenvalue weighted by Crippen LogP contribution is -2.21. The Balaban J connectivity index is 1.44. The lowest BCUT2D eigenvalue weighted by Gasteiger charge is -2.11. The number of sulfonamides is 1. The number of carboxylic acids is 2. The van der Waals surface area contributed by atoms with Crippen molar-refractivity contribution in [2.45, 2.75) is 20.1 Å². The van der Waals surface area contributed by atoms with Crippen molar-refractivity contribution in [1.29, 1.82) is 0 Å². The van der Waals surface area contributed by atoms with Crippen molar-refractivity contribution in [3.05, 3.63) is 130 Å². The van der Waals surface area contributed by atoms with Crippen LogP contribution >= 0.6 is 0 Å². The van der Waals surface area contributed by atoms with Crippen LogP contribution in [0.4, 0.5) is 11.4 Å². The maximum Gasteiger partial charge on any atom is 0.336 e. The van der Waals surface area contributed by atoms with Crippen molar-refractivity contribution in [3.8, 4) is 0 Å². The third kappa shape index (κ3) is 9.56. The molecule has 14 heteroatoms. The van der Waals surface area contributed by atoms with Crippen LogP contribution < -0.4 is 15.4 Å². The first-order chi connectivity index (χ1) is 22.3. The summed E-state index contributed by atoms with van der Waals surface area (Å²) in [5, 5.41) is 28.5. The van der Waals surface area contributed by atoms with E-state index in [1.165, 1.54) is 36.4 Å². The van der Waals surface area contributed by atoms with Crippen molar-refractivity contribution < 1.29 is 42.6 Å². The van der Waals surface area contributed by atoms with Crippen molar-refractivity contribution in [2.24, 2.45) is 5.16 Å². The molecule has 0 spiro atoms. The number of anilines is 2. The SMILES string of the molecule is CC(=NOCc1ccc(C(=O)O)c(C(=O)Nc2cccc(CNS(C)(=O)=O)c2)c1)c1cccc(NC(=O)c2ccccc2C(=O)O)c1. The highest BCUT2D eigenvalue weighted by Gasteiger charge is 2.19. The lowest BCUT2D eigenvalue weighted by molar-refractivity contribution is 0.0683. The molecule has 47 heavy (non-hydrogen) atoms. The molecule has 0 radical (unpaired) electrons. The number of oxime groups is 1. The molecule has 0 aromatic heterocycles. The molecule has 0 unspecified atom stereocenters. The van der Waals surface area contributed by atoms with Gasteiger partial charge in [0.15, 0.2) is 0 Å². The number of hydrogen-bond acceptors (Lipinski definition) is 8. The maximum atomic E-state index is 13.1. The van der Waals surface area contributed by atoms with E-state index in [-0.39, 0.29) is 35.4 Å². The molecule has 13 nitrogen and oxygen atoms in total. The van der Waals surface area contributed by atoms with Crippen LogP contribution in [-0.2, 0) is 28.0 Å². The smallest absolute Gasteiger partial charge is 0.336 e. The standard InChI is InChI=1S/C33H30N4O9S/c1-20(23-8-6-10-25(17-23)36-30(38)26-11-3-4-12-27(26)32(40)41)37-46-19-22-13-14-28(33(42)43)29(16-22)31(39)35-24-9-5-7-21(15-24)18-34-47(2,44)45/h3-17,34H,18-19H2,1-2H3,(H,35,39)(H,36,38)(H,40,41)(H,42,43). The Labute approximate surface area is 269 Å². The van der Waals surface area contributed by atoms with Crippen molar-refractivity contribution in [1.82, 2.24) is 4.72 Å². The van der Waals surface area contributed by atoms with Gasteiger partial charge in [-0.15, -0.1) is 0 Å². The lowest BCUT2D eigenvalue weighted by atomic mass is 10.0. The molecule has 0 aliphatic rings. The van der Waals surface area contributed by atoms with E-state index in [0.29, 0.717) is 33.8 Å². The molecule has 5 N–H and O–H groups in total. The summed E-state index contributed by atoms with van der Waals surface area (Å²) in [6.07, 6.45) is 1.03. The average Bonchev–Trinajstić information content (AvgIpc) is 3.03. The van der Waals surface area contributed by atoms with Crippen LogP contribution in [0.15, 0.2) is 96.2 Å². The third-order valence-electron chi connectivity index (χ3n) is 6.66. The highest BCUT2D eigenvalue weighted by atomic mass is 32.2. The molecule has 0 bridgehead atoms. The Kier molecular flexibility index (Phi) is 10.8. The second-order valence-corrected chi connectivity index (χ2v) is 12.1. The van der Waals surface area contributed by atoms with Gasteiger partial charge < -0.3 is 25.7 Å². The summed E-state index contributed by atoms with van der Waals surface area (Å²) < 4.78 is 25.2. The fourth-order valence-electron chi connectivity index (χ4n) is 4.37. The molecule has 4 aromatic rings. The summed E-state index contributed by atoms with van der Waals surface area (Å²) in [4.78, 5) is 54.7. The van der Waals surface area contributed by atoms with E-state index < -0.39 is 33.8 Å². The molecule has 0 heterocycles.